The second-order valence-electron chi connectivity index (χ2n) is 28.9. The summed E-state index contributed by atoms with van der Waals surface area (Å²) in [5.41, 5.74) is 20.4. The maximum Gasteiger partial charge on any atom is 0.317 e. The Bertz CT molecular complexity index is 7050. The number of alkyl halides is 1. The molecule has 0 radical (unpaired) electrons. The molecule has 2 saturated heterocycles. The normalized spacial score (nSPS) is 12.2. The van der Waals surface area contributed by atoms with Gasteiger partial charge in [0, 0.05) is 139 Å². The first kappa shape index (κ1) is 99.9. The van der Waals surface area contributed by atoms with Crippen molar-refractivity contribution in [2.75, 3.05) is 118 Å². The van der Waals surface area contributed by atoms with E-state index in [1.807, 2.05) is 177 Å². The quantitative estimate of drug-likeness (QED) is 0.0186. The van der Waals surface area contributed by atoms with Crippen LogP contribution in [0.5, 0.6) is 0 Å². The van der Waals surface area contributed by atoms with Gasteiger partial charge in [0.1, 0.15) is 81.4 Å². The predicted octanol–water partition coefficient (Wildman–Crippen LogP) is 12.2. The number of nitrogen functional groups attached to an aromatic ring is 2. The number of hydrogen-bond acceptors (Lipinski definition) is 32. The van der Waals surface area contributed by atoms with Gasteiger partial charge in [0.15, 0.2) is 21.8 Å². The standard InChI is InChI=1S/C26H25N7O.C16H12N4O2S.C16H12N4OS.C11H17N3.C9H6N4OS.C7H7Br.C6H7N3OS.C3H3NO2/c1-31-11-13-32(14-12-31)23-9-7-22(8-10-23)29-26-28-17-21-15-20(16-27)25(34)33(24(21)30-26)18-19-5-3-2-4-6-19;1-23(22)16-18-9-13-7-12(8-17)15(21)20(14(13)19-16)10-11-5-3-2-4-6-11;1-22-16-18-9-13-7-12(8-17)15(21)20(14(13)19-16)10-11-5-3-2-4-6-11;1-13-6-8-14(9-7-13)11-4-2-10(12)3-5-11;1-15-9-11-4-6-2-5(3-10)8(14)12-7(6)13-9;8-6-7-4-2-1-3-5-7;1-11-6-8-2-4(3-10)5(7)9-6;4-2-1-3(5)6/h2-10,15,17H,11-14,18H2,1H3,(H,28,29,30);2-7,9H,10H2,1H3;2-7,9H,10H2,1H3;2-5H,6-9,12H2,1H3;2,4H,1H3,(H,11,12,13,14);1-5H,6H2;2-3H,1H3,(H2,7,8,9);1H2,(H,5,6). The van der Waals surface area contributed by atoms with Gasteiger partial charge in [-0.25, -0.2) is 44.9 Å². The molecule has 674 valence electrons. The summed E-state index contributed by atoms with van der Waals surface area (Å²) < 4.78 is 16.1. The summed E-state index contributed by atoms with van der Waals surface area (Å²) in [6.45, 7) is 9.63. The van der Waals surface area contributed by atoms with E-state index in [1.54, 1.807) is 30.7 Å². The third kappa shape index (κ3) is 28.9. The third-order valence-corrected chi connectivity index (χ3v) is 22.8. The van der Waals surface area contributed by atoms with Crippen molar-refractivity contribution in [1.29, 1.82) is 26.3 Å². The molecule has 17 rings (SSSR count). The molecule has 2 aliphatic rings. The minimum absolute atomic E-state index is 0.0300. The molecule has 0 aliphatic carbocycles. The predicted molar refractivity (Wildman–Crippen MR) is 523 cm³/mol. The van der Waals surface area contributed by atoms with Crippen LogP contribution in [0.3, 0.4) is 0 Å². The topological polar surface area (TPSA) is 495 Å². The molecule has 2 aliphatic heterocycles. The Hall–Kier alpha value is -15.3. The monoisotopic (exact) mass is 1920 g/mol. The maximum absolute atomic E-state index is 12.9. The molecule has 0 spiro atoms. The highest BCUT2D eigenvalue weighted by Gasteiger charge is 2.20. The molecule has 6 aromatic carbocycles. The first-order valence-electron chi connectivity index (χ1n) is 40.6. The summed E-state index contributed by atoms with van der Waals surface area (Å²) in [6, 6.07) is 70.5. The number of nitrogens with two attached hydrogens (primary N) is 2. The zero-order chi connectivity index (χ0) is 95.3. The molecule has 39 heteroatoms. The van der Waals surface area contributed by atoms with Crippen molar-refractivity contribution in [3.63, 3.8) is 0 Å². The van der Waals surface area contributed by atoms with Gasteiger partial charge in [-0.3, -0.25) is 46.7 Å². The van der Waals surface area contributed by atoms with Crippen molar-refractivity contribution in [3.8, 4) is 30.3 Å². The van der Waals surface area contributed by atoms with Crippen LogP contribution in [0.4, 0.5) is 34.5 Å². The first-order chi connectivity index (χ1) is 64.4. The summed E-state index contributed by atoms with van der Waals surface area (Å²) in [7, 11) is 2.96. The number of carboxylic acid groups (broad SMARTS) is 1. The van der Waals surface area contributed by atoms with Crippen LogP contribution in [0.15, 0.2) is 265 Å². The number of piperazine rings is 2. The molecule has 9 aromatic heterocycles. The zero-order valence-electron chi connectivity index (χ0n) is 72.9. The second-order valence-corrected chi connectivity index (χ2v) is 33.1. The molecule has 0 saturated carbocycles. The number of likely N-dealkylation sites (N-methyl/N-ethyl adjacent to an activating group) is 2. The summed E-state index contributed by atoms with van der Waals surface area (Å²) >= 11 is 7.54. The Labute approximate surface area is 788 Å². The SMILES string of the molecule is BrCc1ccccc1.CN1CCN(c2ccc(N)cc2)CC1.CN1CCN(c2ccc(Nc3ncc4cc(C#N)c(=O)n(Cc5ccccc5)c4n3)cc2)CC1.CS(=O)c1ncc2cc(C#N)c(=O)n(Cc3ccccc3)c2n1.CSc1ncc(C=O)c(N)n1.CSc1ncc2cc(C#N)c(=O)[nH]c2n1.CSc1ncc2cc(C#N)c(=O)n(Cc3ccccc3)c2n1.N#CCC(=O)O. The van der Waals surface area contributed by atoms with Crippen LogP contribution < -0.4 is 48.8 Å². The largest absolute Gasteiger partial charge is 0.480 e. The third-order valence-electron chi connectivity index (χ3n) is 19.8. The average Bonchev–Trinajstić information content (AvgIpc) is 0.787. The van der Waals surface area contributed by atoms with Gasteiger partial charge in [-0.05, 0) is 128 Å². The number of hydrogen-bond donors (Lipinski definition) is 5. The number of aldehydes is 1. The number of thioether (sulfide) groups is 3. The number of aromatic nitrogens is 14. The molecule has 2 fully saturated rings. The second kappa shape index (κ2) is 50.6. The van der Waals surface area contributed by atoms with E-state index < -0.39 is 34.3 Å². The number of carbonyl (C=O) groups excluding carboxylic acids is 1. The Balaban J connectivity index is 0.000000166. The number of nitriles is 5. The van der Waals surface area contributed by atoms with Crippen molar-refractivity contribution in [2.24, 2.45) is 0 Å². The molecule has 11 heterocycles. The number of nitrogens with one attached hydrogen (secondary N) is 2. The Morgan fingerprint density at radius 3 is 1.27 bits per heavy atom. The number of nitrogens with zero attached hydrogens (tertiary/aromatic N) is 22. The van der Waals surface area contributed by atoms with E-state index in [1.165, 1.54) is 103 Å². The van der Waals surface area contributed by atoms with Gasteiger partial charge in [-0.15, -0.1) is 0 Å². The maximum atomic E-state index is 12.9. The van der Waals surface area contributed by atoms with Gasteiger partial charge in [0.05, 0.1) is 42.1 Å². The number of H-pyrrole nitrogens is 1. The number of halogens is 1. The Morgan fingerprint density at radius 2 is 0.880 bits per heavy atom. The highest BCUT2D eigenvalue weighted by atomic mass is 79.9. The molecule has 133 heavy (non-hydrogen) atoms. The van der Waals surface area contributed by atoms with Crippen LogP contribution in [-0.2, 0) is 40.6 Å². The molecular formula is C94H89BrN26O8S4. The van der Waals surface area contributed by atoms with Crippen LogP contribution in [0.2, 0.25) is 0 Å². The fourth-order valence-electron chi connectivity index (χ4n) is 12.8. The summed E-state index contributed by atoms with van der Waals surface area (Å²) in [6.07, 6.45) is 15.1. The molecule has 15 aromatic rings. The number of anilines is 6. The van der Waals surface area contributed by atoms with Crippen molar-refractivity contribution in [3.05, 3.63) is 317 Å². The lowest BCUT2D eigenvalue weighted by atomic mass is 10.2. The number of rotatable bonds is 17. The number of aromatic amines is 1. The smallest absolute Gasteiger partial charge is 0.317 e. The number of carbonyl (C=O) groups is 2. The lowest BCUT2D eigenvalue weighted by molar-refractivity contribution is -0.135. The van der Waals surface area contributed by atoms with Crippen molar-refractivity contribution >= 4 is 153 Å². The van der Waals surface area contributed by atoms with E-state index in [4.69, 9.17) is 37.6 Å². The minimum Gasteiger partial charge on any atom is -0.480 e. The molecule has 0 bridgehead atoms. The summed E-state index contributed by atoms with van der Waals surface area (Å²) in [4.78, 5) is 123. The number of aliphatic carboxylic acids is 1. The lowest BCUT2D eigenvalue weighted by Crippen LogP contribution is -2.44. The Kier molecular flexibility index (Phi) is 38.0. The van der Waals surface area contributed by atoms with Gasteiger partial charge in [-0.1, -0.05) is 173 Å². The van der Waals surface area contributed by atoms with Gasteiger partial charge < -0.3 is 46.5 Å². The van der Waals surface area contributed by atoms with Crippen molar-refractivity contribution in [1.82, 2.24) is 78.3 Å². The fourth-order valence-corrected chi connectivity index (χ4v) is 14.6. The molecule has 7 N–H and O–H groups in total. The average molecular weight is 1920 g/mol. The molecule has 1 atom stereocenters. The molecule has 1 unspecified atom stereocenters. The van der Waals surface area contributed by atoms with E-state index >= 15 is 0 Å². The molecule has 0 amide bonds. The van der Waals surface area contributed by atoms with Gasteiger partial charge in [0.2, 0.25) is 11.1 Å². The fraction of sp³-hybridized carbons (Fsp3) is 0.202. The molecule has 34 nitrogen and oxygen atoms in total. The van der Waals surface area contributed by atoms with E-state index in [-0.39, 0.29) is 50.9 Å². The van der Waals surface area contributed by atoms with E-state index in [0.29, 0.717) is 90.5 Å². The van der Waals surface area contributed by atoms with Gasteiger partial charge >= 0.3 is 5.97 Å². The number of pyridine rings is 4. The van der Waals surface area contributed by atoms with E-state index in [2.05, 4.69) is 146 Å². The van der Waals surface area contributed by atoms with Crippen LogP contribution in [-0.4, -0.2) is 191 Å². The summed E-state index contributed by atoms with van der Waals surface area (Å²) in [5.74, 6) is -0.442. The number of benzene rings is 6. The lowest BCUT2D eigenvalue weighted by Gasteiger charge is -2.34. The number of carboxylic acids is 1. The van der Waals surface area contributed by atoms with Crippen molar-refractivity contribution < 1.29 is 18.9 Å². The van der Waals surface area contributed by atoms with Crippen LogP contribution in [0.1, 0.15) is 61.3 Å². The van der Waals surface area contributed by atoms with Gasteiger partial charge in [0.25, 0.3) is 22.2 Å². The minimum atomic E-state index is -1.36. The number of fused-ring (bicyclic) bond motifs is 4. The summed E-state index contributed by atoms with van der Waals surface area (Å²) in [5, 5.41) is 60.4. The van der Waals surface area contributed by atoms with Crippen LogP contribution >= 0.6 is 51.2 Å². The first-order valence-corrected chi connectivity index (χ1v) is 46.9. The highest BCUT2D eigenvalue weighted by molar-refractivity contribution is 9.08. The molecular weight excluding hydrogens is 1830 g/mol. The van der Waals surface area contributed by atoms with Crippen molar-refractivity contribution in [2.45, 2.75) is 52.0 Å². The van der Waals surface area contributed by atoms with Crippen LogP contribution in [0, 0.1) is 56.7 Å². The van der Waals surface area contributed by atoms with E-state index in [0.717, 1.165) is 85.8 Å². The van der Waals surface area contributed by atoms with Crippen LogP contribution in [0.25, 0.3) is 44.1 Å². The Morgan fingerprint density at radius 1 is 0.496 bits per heavy atom. The van der Waals surface area contributed by atoms with E-state index in [9.17, 15) is 38.2 Å². The van der Waals surface area contributed by atoms with Gasteiger partial charge in [-0.2, -0.15) is 31.3 Å². The zero-order valence-corrected chi connectivity index (χ0v) is 77.8. The highest BCUT2D eigenvalue weighted by Crippen LogP contribution is 2.25.